The zero-order valence-electron chi connectivity index (χ0n) is 8.68. The second-order valence-electron chi connectivity index (χ2n) is 4.07. The fourth-order valence-electron chi connectivity index (χ4n) is 2.10. The molecule has 1 aromatic rings. The van der Waals surface area contributed by atoms with Gasteiger partial charge in [-0.25, -0.2) is 0 Å². The van der Waals surface area contributed by atoms with Gasteiger partial charge in [0, 0.05) is 12.8 Å². The van der Waals surface area contributed by atoms with Crippen LogP contribution in [0, 0.1) is 0 Å². The van der Waals surface area contributed by atoms with Crippen LogP contribution in [-0.2, 0) is 24.1 Å². The summed E-state index contributed by atoms with van der Waals surface area (Å²) in [4.78, 5) is 11.2. The van der Waals surface area contributed by atoms with Crippen LogP contribution in [0.15, 0.2) is 18.2 Å². The van der Waals surface area contributed by atoms with Crippen LogP contribution in [0.1, 0.15) is 36.5 Å². The summed E-state index contributed by atoms with van der Waals surface area (Å²) in [6, 6.07) is 6.59. The second-order valence-corrected chi connectivity index (χ2v) is 4.07. The molecule has 0 aliphatic heterocycles. The van der Waals surface area contributed by atoms with E-state index < -0.39 is 0 Å². The fraction of sp³-hybridized carbons (Fsp3) is 0.462. The molecule has 0 N–H and O–H groups in total. The van der Waals surface area contributed by atoms with Crippen molar-refractivity contribution in [3.63, 3.8) is 0 Å². The van der Waals surface area contributed by atoms with Crippen molar-refractivity contribution in [2.45, 2.75) is 39.0 Å². The molecule has 1 aliphatic rings. The van der Waals surface area contributed by atoms with Crippen molar-refractivity contribution in [1.82, 2.24) is 0 Å². The van der Waals surface area contributed by atoms with Gasteiger partial charge >= 0.3 is 0 Å². The Bertz CT molecular complexity index is 352. The summed E-state index contributed by atoms with van der Waals surface area (Å²) in [5.74, 6) is 0.390. The Morgan fingerprint density at radius 1 is 1.21 bits per heavy atom. The normalized spacial score (nSPS) is 15.4. The molecular weight excluding hydrogens is 172 g/mol. The van der Waals surface area contributed by atoms with E-state index in [1.807, 2.05) is 0 Å². The zero-order valence-corrected chi connectivity index (χ0v) is 8.68. The van der Waals surface area contributed by atoms with E-state index in [2.05, 4.69) is 25.1 Å². The maximum atomic E-state index is 11.2. The summed E-state index contributed by atoms with van der Waals surface area (Å²) in [5, 5.41) is 0. The summed E-state index contributed by atoms with van der Waals surface area (Å²) < 4.78 is 0. The molecule has 74 valence electrons. The van der Waals surface area contributed by atoms with Crippen LogP contribution in [0.4, 0.5) is 0 Å². The SMILES string of the molecule is CCCc1ccc2c(c1)CCC(=O)C2. The van der Waals surface area contributed by atoms with Crippen LogP contribution in [0.5, 0.6) is 0 Å². The van der Waals surface area contributed by atoms with Crippen molar-refractivity contribution >= 4 is 5.78 Å². The van der Waals surface area contributed by atoms with Crippen LogP contribution in [0.2, 0.25) is 0 Å². The average molecular weight is 188 g/mol. The number of Topliss-reactive ketones (excluding diaryl/α,β-unsaturated/α-hetero) is 1. The number of rotatable bonds is 2. The first-order valence-electron chi connectivity index (χ1n) is 5.42. The number of hydrogen-bond donors (Lipinski definition) is 0. The van der Waals surface area contributed by atoms with Gasteiger partial charge in [-0.3, -0.25) is 4.79 Å². The third-order valence-electron chi connectivity index (χ3n) is 2.87. The van der Waals surface area contributed by atoms with E-state index in [0.717, 1.165) is 19.3 Å². The van der Waals surface area contributed by atoms with Crippen LogP contribution in [-0.4, -0.2) is 5.78 Å². The zero-order chi connectivity index (χ0) is 9.97. The Hall–Kier alpha value is -1.11. The molecule has 14 heavy (non-hydrogen) atoms. The van der Waals surface area contributed by atoms with Crippen LogP contribution in [0.3, 0.4) is 0 Å². The quantitative estimate of drug-likeness (QED) is 0.697. The minimum atomic E-state index is 0.390. The first-order chi connectivity index (χ1) is 6.79. The largest absolute Gasteiger partial charge is 0.299 e. The number of hydrogen-bond acceptors (Lipinski definition) is 1. The maximum Gasteiger partial charge on any atom is 0.137 e. The summed E-state index contributed by atoms with van der Waals surface area (Å²) in [5.41, 5.74) is 4.07. The summed E-state index contributed by atoms with van der Waals surface area (Å²) in [7, 11) is 0. The summed E-state index contributed by atoms with van der Waals surface area (Å²) in [6.07, 6.45) is 4.69. The highest BCUT2D eigenvalue weighted by molar-refractivity contribution is 5.83. The molecule has 0 amide bonds. The van der Waals surface area contributed by atoms with Gasteiger partial charge in [0.1, 0.15) is 5.78 Å². The van der Waals surface area contributed by atoms with Crippen LogP contribution >= 0.6 is 0 Å². The molecule has 0 spiro atoms. The van der Waals surface area contributed by atoms with Crippen molar-refractivity contribution in [2.24, 2.45) is 0 Å². The van der Waals surface area contributed by atoms with E-state index in [9.17, 15) is 4.79 Å². The van der Waals surface area contributed by atoms with Gasteiger partial charge in [-0.15, -0.1) is 0 Å². The van der Waals surface area contributed by atoms with Crippen molar-refractivity contribution in [1.29, 1.82) is 0 Å². The third kappa shape index (κ3) is 1.87. The van der Waals surface area contributed by atoms with Gasteiger partial charge in [0.2, 0.25) is 0 Å². The van der Waals surface area contributed by atoms with Gasteiger partial charge in [-0.05, 0) is 29.5 Å². The van der Waals surface area contributed by atoms with Gasteiger partial charge in [-0.1, -0.05) is 31.5 Å². The smallest absolute Gasteiger partial charge is 0.137 e. The highest BCUT2D eigenvalue weighted by Crippen LogP contribution is 2.21. The Morgan fingerprint density at radius 2 is 2.07 bits per heavy atom. The third-order valence-corrected chi connectivity index (χ3v) is 2.87. The lowest BCUT2D eigenvalue weighted by Gasteiger charge is -2.15. The predicted molar refractivity (Wildman–Crippen MR) is 57.5 cm³/mol. The lowest BCUT2D eigenvalue weighted by Crippen LogP contribution is -2.13. The number of ketones is 1. The van der Waals surface area contributed by atoms with E-state index in [1.54, 1.807) is 0 Å². The number of fused-ring (bicyclic) bond motifs is 1. The molecule has 0 bridgehead atoms. The number of carbonyl (C=O) groups excluding carboxylic acids is 1. The van der Waals surface area contributed by atoms with E-state index in [0.29, 0.717) is 12.2 Å². The monoisotopic (exact) mass is 188 g/mol. The minimum Gasteiger partial charge on any atom is -0.299 e. The van der Waals surface area contributed by atoms with Gasteiger partial charge in [0.25, 0.3) is 0 Å². The first-order valence-corrected chi connectivity index (χ1v) is 5.42. The van der Waals surface area contributed by atoms with Gasteiger partial charge in [0.15, 0.2) is 0 Å². The molecule has 0 fully saturated rings. The van der Waals surface area contributed by atoms with Crippen molar-refractivity contribution < 1.29 is 4.79 Å². The molecule has 0 unspecified atom stereocenters. The average Bonchev–Trinajstić information content (AvgIpc) is 2.19. The molecule has 2 rings (SSSR count). The maximum absolute atomic E-state index is 11.2. The minimum absolute atomic E-state index is 0.390. The summed E-state index contributed by atoms with van der Waals surface area (Å²) in [6.45, 7) is 2.20. The Labute approximate surface area is 85.1 Å². The predicted octanol–water partition coefficient (Wildman–Crippen LogP) is 2.70. The number of benzene rings is 1. The van der Waals surface area contributed by atoms with E-state index >= 15 is 0 Å². The highest BCUT2D eigenvalue weighted by Gasteiger charge is 2.15. The molecule has 0 saturated heterocycles. The molecule has 0 heterocycles. The molecule has 1 nitrogen and oxygen atoms in total. The van der Waals surface area contributed by atoms with Crippen LogP contribution in [0.25, 0.3) is 0 Å². The van der Waals surface area contributed by atoms with Crippen LogP contribution < -0.4 is 0 Å². The van der Waals surface area contributed by atoms with E-state index in [4.69, 9.17) is 0 Å². The van der Waals surface area contributed by atoms with Gasteiger partial charge < -0.3 is 0 Å². The fourth-order valence-corrected chi connectivity index (χ4v) is 2.10. The number of carbonyl (C=O) groups is 1. The summed E-state index contributed by atoms with van der Waals surface area (Å²) >= 11 is 0. The van der Waals surface area contributed by atoms with Crippen molar-refractivity contribution in [3.8, 4) is 0 Å². The van der Waals surface area contributed by atoms with Gasteiger partial charge in [-0.2, -0.15) is 0 Å². The molecule has 0 atom stereocenters. The molecule has 0 aromatic heterocycles. The molecule has 1 aliphatic carbocycles. The molecule has 0 saturated carbocycles. The topological polar surface area (TPSA) is 17.1 Å². The first kappa shape index (κ1) is 9.45. The molecule has 0 radical (unpaired) electrons. The van der Waals surface area contributed by atoms with Crippen molar-refractivity contribution in [3.05, 3.63) is 34.9 Å². The lowest BCUT2D eigenvalue weighted by molar-refractivity contribution is -0.118. The van der Waals surface area contributed by atoms with E-state index in [1.165, 1.54) is 23.1 Å². The number of aryl methyl sites for hydroxylation is 2. The molecule has 1 aromatic carbocycles. The highest BCUT2D eigenvalue weighted by atomic mass is 16.1. The van der Waals surface area contributed by atoms with Crippen molar-refractivity contribution in [2.75, 3.05) is 0 Å². The Kier molecular flexibility index (Phi) is 2.67. The lowest BCUT2D eigenvalue weighted by atomic mass is 9.89. The Morgan fingerprint density at radius 3 is 2.86 bits per heavy atom. The Balaban J connectivity index is 2.26. The molecule has 1 heteroatoms. The van der Waals surface area contributed by atoms with Gasteiger partial charge in [0.05, 0.1) is 0 Å². The molecular formula is C13H16O. The second kappa shape index (κ2) is 3.95. The standard InChI is InChI=1S/C13H16O/c1-2-3-10-4-5-12-9-13(14)7-6-11(12)8-10/h4-5,8H,2-3,6-7,9H2,1H3. The van der Waals surface area contributed by atoms with E-state index in [-0.39, 0.29) is 0 Å².